The van der Waals surface area contributed by atoms with Gasteiger partial charge in [0.25, 0.3) is 0 Å². The van der Waals surface area contributed by atoms with Crippen LogP contribution in [0.1, 0.15) is 33.1 Å². The molecule has 1 aliphatic carbocycles. The highest BCUT2D eigenvalue weighted by atomic mass is 16.2. The second-order valence-electron chi connectivity index (χ2n) is 5.16. The number of likely N-dealkylation sites (N-methyl/N-ethyl adjacent to an activating group) is 1. The van der Waals surface area contributed by atoms with Crippen LogP contribution in [-0.2, 0) is 4.79 Å². The van der Waals surface area contributed by atoms with E-state index in [1.807, 2.05) is 4.90 Å². The van der Waals surface area contributed by atoms with Gasteiger partial charge in [0.1, 0.15) is 0 Å². The number of amides is 1. The first kappa shape index (κ1) is 12.8. The van der Waals surface area contributed by atoms with Gasteiger partial charge in [-0.25, -0.2) is 0 Å². The number of nitrogens with one attached hydrogen (secondary N) is 1. The fraction of sp³-hybridized carbons (Fsp3) is 0.923. The smallest absolute Gasteiger partial charge is 0.236 e. The Labute approximate surface area is 104 Å². The SMILES string of the molecule is CCN(CC)C1CCN(C(=O)CNC2CC2)C1. The molecule has 0 spiro atoms. The second-order valence-corrected chi connectivity index (χ2v) is 5.16. The summed E-state index contributed by atoms with van der Waals surface area (Å²) in [4.78, 5) is 16.5. The quantitative estimate of drug-likeness (QED) is 0.740. The highest BCUT2D eigenvalue weighted by Crippen LogP contribution is 2.19. The van der Waals surface area contributed by atoms with Crippen molar-refractivity contribution in [2.75, 3.05) is 32.7 Å². The normalized spacial score (nSPS) is 24.6. The van der Waals surface area contributed by atoms with Crippen molar-refractivity contribution in [2.24, 2.45) is 0 Å². The molecule has 1 amide bonds. The minimum atomic E-state index is 0.284. The van der Waals surface area contributed by atoms with Crippen molar-refractivity contribution >= 4 is 5.91 Å². The van der Waals surface area contributed by atoms with Crippen molar-refractivity contribution in [2.45, 2.75) is 45.2 Å². The van der Waals surface area contributed by atoms with Crippen LogP contribution in [0.15, 0.2) is 0 Å². The van der Waals surface area contributed by atoms with E-state index in [2.05, 4.69) is 24.1 Å². The molecule has 1 aliphatic heterocycles. The lowest BCUT2D eigenvalue weighted by molar-refractivity contribution is -0.129. The number of likely N-dealkylation sites (tertiary alicyclic amines) is 1. The first-order valence-corrected chi connectivity index (χ1v) is 6.99. The first-order valence-electron chi connectivity index (χ1n) is 6.99. The largest absolute Gasteiger partial charge is 0.340 e. The van der Waals surface area contributed by atoms with Crippen molar-refractivity contribution in [3.63, 3.8) is 0 Å². The Bertz CT molecular complexity index is 261. The van der Waals surface area contributed by atoms with Gasteiger partial charge in [-0.05, 0) is 32.4 Å². The van der Waals surface area contributed by atoms with E-state index in [0.29, 0.717) is 18.6 Å². The first-order chi connectivity index (χ1) is 8.24. The van der Waals surface area contributed by atoms with Gasteiger partial charge in [0.05, 0.1) is 6.54 Å². The third-order valence-corrected chi connectivity index (χ3v) is 3.96. The van der Waals surface area contributed by atoms with Gasteiger partial charge in [0.15, 0.2) is 0 Å². The zero-order valence-electron chi connectivity index (χ0n) is 11.1. The Balaban J connectivity index is 1.73. The maximum absolute atomic E-state index is 12.0. The molecule has 2 aliphatic rings. The molecule has 4 nitrogen and oxygen atoms in total. The molecule has 0 aromatic carbocycles. The summed E-state index contributed by atoms with van der Waals surface area (Å²) in [7, 11) is 0. The van der Waals surface area contributed by atoms with E-state index in [1.165, 1.54) is 12.8 Å². The van der Waals surface area contributed by atoms with Crippen LogP contribution in [0.5, 0.6) is 0 Å². The Morgan fingerprint density at radius 2 is 2.00 bits per heavy atom. The molecule has 2 rings (SSSR count). The minimum Gasteiger partial charge on any atom is -0.340 e. The van der Waals surface area contributed by atoms with Crippen LogP contribution in [0, 0.1) is 0 Å². The van der Waals surface area contributed by atoms with Crippen molar-refractivity contribution in [3.8, 4) is 0 Å². The summed E-state index contributed by atoms with van der Waals surface area (Å²) in [6.07, 6.45) is 3.63. The molecule has 17 heavy (non-hydrogen) atoms. The van der Waals surface area contributed by atoms with E-state index >= 15 is 0 Å². The monoisotopic (exact) mass is 239 g/mol. The number of carbonyl (C=O) groups excluding carboxylic acids is 1. The summed E-state index contributed by atoms with van der Waals surface area (Å²) in [6, 6.07) is 1.20. The van der Waals surface area contributed by atoms with Crippen LogP contribution < -0.4 is 5.32 Å². The molecule has 1 heterocycles. The van der Waals surface area contributed by atoms with Crippen LogP contribution >= 0.6 is 0 Å². The number of hydrogen-bond donors (Lipinski definition) is 1. The molecule has 0 bridgehead atoms. The topological polar surface area (TPSA) is 35.6 Å². The van der Waals surface area contributed by atoms with Gasteiger partial charge in [0.2, 0.25) is 5.91 Å². The molecule has 1 N–H and O–H groups in total. The maximum atomic E-state index is 12.0. The number of nitrogens with zero attached hydrogens (tertiary/aromatic N) is 2. The molecule has 0 aromatic rings. The molecule has 1 saturated carbocycles. The third kappa shape index (κ3) is 3.42. The predicted molar refractivity (Wildman–Crippen MR) is 68.9 cm³/mol. The van der Waals surface area contributed by atoms with E-state index in [0.717, 1.165) is 32.6 Å². The standard InChI is InChI=1S/C13H25N3O/c1-3-15(4-2)12-7-8-16(10-12)13(17)9-14-11-5-6-11/h11-12,14H,3-10H2,1-2H3. The second kappa shape index (κ2) is 5.83. The molecule has 4 heteroatoms. The van der Waals surface area contributed by atoms with E-state index in [9.17, 15) is 4.79 Å². The number of hydrogen-bond acceptors (Lipinski definition) is 3. The Kier molecular flexibility index (Phi) is 4.40. The van der Waals surface area contributed by atoms with E-state index in [4.69, 9.17) is 0 Å². The molecule has 98 valence electrons. The van der Waals surface area contributed by atoms with Gasteiger partial charge in [-0.3, -0.25) is 9.69 Å². The van der Waals surface area contributed by atoms with Gasteiger partial charge >= 0.3 is 0 Å². The molecule has 0 radical (unpaired) electrons. The maximum Gasteiger partial charge on any atom is 0.236 e. The van der Waals surface area contributed by atoms with Gasteiger partial charge < -0.3 is 10.2 Å². The van der Waals surface area contributed by atoms with E-state index in [-0.39, 0.29) is 5.91 Å². The zero-order valence-corrected chi connectivity index (χ0v) is 11.1. The highest BCUT2D eigenvalue weighted by Gasteiger charge is 2.29. The molecule has 0 aromatic heterocycles. The average molecular weight is 239 g/mol. The van der Waals surface area contributed by atoms with E-state index in [1.54, 1.807) is 0 Å². The van der Waals surface area contributed by atoms with Gasteiger partial charge in [-0.2, -0.15) is 0 Å². The highest BCUT2D eigenvalue weighted by molar-refractivity contribution is 5.78. The molecular weight excluding hydrogens is 214 g/mol. The lowest BCUT2D eigenvalue weighted by Crippen LogP contribution is -2.41. The number of carbonyl (C=O) groups is 1. The van der Waals surface area contributed by atoms with Crippen molar-refractivity contribution in [1.29, 1.82) is 0 Å². The summed E-state index contributed by atoms with van der Waals surface area (Å²) in [5.74, 6) is 0.284. The zero-order chi connectivity index (χ0) is 12.3. The third-order valence-electron chi connectivity index (χ3n) is 3.96. The molecule has 1 saturated heterocycles. The summed E-state index contributed by atoms with van der Waals surface area (Å²) in [6.45, 7) is 8.97. The fourth-order valence-corrected chi connectivity index (χ4v) is 2.64. The Hall–Kier alpha value is -0.610. The minimum absolute atomic E-state index is 0.284. The molecule has 1 unspecified atom stereocenters. The van der Waals surface area contributed by atoms with Crippen LogP contribution in [0.2, 0.25) is 0 Å². The average Bonchev–Trinajstić information content (AvgIpc) is 3.05. The lowest BCUT2D eigenvalue weighted by atomic mass is 10.2. The lowest BCUT2D eigenvalue weighted by Gasteiger charge is -2.26. The summed E-state index contributed by atoms with van der Waals surface area (Å²) in [5.41, 5.74) is 0. The van der Waals surface area contributed by atoms with Crippen LogP contribution in [-0.4, -0.2) is 60.5 Å². The van der Waals surface area contributed by atoms with Crippen molar-refractivity contribution < 1.29 is 4.79 Å². The van der Waals surface area contributed by atoms with Crippen molar-refractivity contribution in [1.82, 2.24) is 15.1 Å². The van der Waals surface area contributed by atoms with Crippen LogP contribution in [0.3, 0.4) is 0 Å². The molecule has 1 atom stereocenters. The van der Waals surface area contributed by atoms with Gasteiger partial charge in [-0.1, -0.05) is 13.8 Å². The molecular formula is C13H25N3O. The Morgan fingerprint density at radius 1 is 1.29 bits per heavy atom. The molecule has 2 fully saturated rings. The van der Waals surface area contributed by atoms with Gasteiger partial charge in [-0.15, -0.1) is 0 Å². The number of rotatable bonds is 6. The Morgan fingerprint density at radius 3 is 2.59 bits per heavy atom. The van der Waals surface area contributed by atoms with Gasteiger partial charge in [0, 0.05) is 25.2 Å². The fourth-order valence-electron chi connectivity index (χ4n) is 2.64. The predicted octanol–water partition coefficient (Wildman–Crippen LogP) is 0.681. The summed E-state index contributed by atoms with van der Waals surface area (Å²) < 4.78 is 0. The summed E-state index contributed by atoms with van der Waals surface area (Å²) >= 11 is 0. The van der Waals surface area contributed by atoms with Crippen molar-refractivity contribution in [3.05, 3.63) is 0 Å². The van der Waals surface area contributed by atoms with Crippen LogP contribution in [0.25, 0.3) is 0 Å². The van der Waals surface area contributed by atoms with E-state index < -0.39 is 0 Å². The van der Waals surface area contributed by atoms with Crippen LogP contribution in [0.4, 0.5) is 0 Å². The summed E-state index contributed by atoms with van der Waals surface area (Å²) in [5, 5.41) is 3.30.